The van der Waals surface area contributed by atoms with Gasteiger partial charge in [0.15, 0.2) is 0 Å². The van der Waals surface area contributed by atoms with E-state index in [0.717, 1.165) is 0 Å². The summed E-state index contributed by atoms with van der Waals surface area (Å²) in [6.45, 7) is 1.94. The van der Waals surface area contributed by atoms with Crippen molar-refractivity contribution in [3.63, 3.8) is 0 Å². The van der Waals surface area contributed by atoms with Crippen LogP contribution in [-0.4, -0.2) is 54.7 Å². The van der Waals surface area contributed by atoms with Gasteiger partial charge in [-0.15, -0.1) is 0 Å². The van der Waals surface area contributed by atoms with Gasteiger partial charge in [0, 0.05) is 19.3 Å². The second-order valence-corrected chi connectivity index (χ2v) is 6.72. The molecule has 1 aliphatic heterocycles. The van der Waals surface area contributed by atoms with Crippen LogP contribution < -0.4 is 0 Å². The number of sulfonamides is 1. The molecule has 0 bridgehead atoms. The monoisotopic (exact) mass is 306 g/mol. The highest BCUT2D eigenvalue weighted by Crippen LogP contribution is 2.21. The maximum atomic E-state index is 12.4. The number of ether oxygens (including phenoxy) is 1. The van der Waals surface area contributed by atoms with E-state index in [-0.39, 0.29) is 35.8 Å². The number of nitrogens with zero attached hydrogens (tertiary/aromatic N) is 2. The molecule has 1 aromatic rings. The lowest BCUT2D eigenvalue weighted by molar-refractivity contribution is -0.0750. The molecule has 0 aliphatic carbocycles. The Bertz CT molecular complexity index is 534. The van der Waals surface area contributed by atoms with Crippen molar-refractivity contribution < 1.29 is 18.3 Å². The van der Waals surface area contributed by atoms with Crippen molar-refractivity contribution in [2.45, 2.75) is 24.0 Å². The molecule has 19 heavy (non-hydrogen) atoms. The summed E-state index contributed by atoms with van der Waals surface area (Å²) in [6.07, 6.45) is 0.464. The van der Waals surface area contributed by atoms with Crippen LogP contribution in [0.1, 0.15) is 6.92 Å². The number of hydrogen-bond donors (Lipinski definition) is 1. The first kappa shape index (κ1) is 14.7. The molecular weight excluding hydrogens is 292 g/mol. The van der Waals surface area contributed by atoms with Crippen molar-refractivity contribution in [2.24, 2.45) is 0 Å². The van der Waals surface area contributed by atoms with Gasteiger partial charge in [0.1, 0.15) is 10.0 Å². The minimum absolute atomic E-state index is 0.0858. The summed E-state index contributed by atoms with van der Waals surface area (Å²) in [5, 5.41) is 9.36. The van der Waals surface area contributed by atoms with Gasteiger partial charge >= 0.3 is 0 Å². The van der Waals surface area contributed by atoms with E-state index in [9.17, 15) is 8.42 Å². The van der Waals surface area contributed by atoms with Crippen LogP contribution in [-0.2, 0) is 14.8 Å². The summed E-state index contributed by atoms with van der Waals surface area (Å²) in [5.41, 5.74) is 0. The third kappa shape index (κ3) is 3.24. The molecule has 2 atom stereocenters. The highest BCUT2D eigenvalue weighted by Gasteiger charge is 2.33. The van der Waals surface area contributed by atoms with Gasteiger partial charge in [-0.1, -0.05) is 11.6 Å². The van der Waals surface area contributed by atoms with Crippen molar-refractivity contribution in [3.8, 4) is 0 Å². The second kappa shape index (κ2) is 5.72. The summed E-state index contributed by atoms with van der Waals surface area (Å²) >= 11 is 5.64. The van der Waals surface area contributed by atoms with Crippen LogP contribution in [0.4, 0.5) is 0 Å². The molecular formula is C11H15ClN2O4S. The number of hydrogen-bond acceptors (Lipinski definition) is 5. The molecule has 1 N–H and O–H groups in total. The smallest absolute Gasteiger partial charge is 0.244 e. The van der Waals surface area contributed by atoms with Crippen LogP contribution in [0.2, 0.25) is 5.15 Å². The zero-order chi connectivity index (χ0) is 14.0. The van der Waals surface area contributed by atoms with Gasteiger partial charge in [0.2, 0.25) is 10.0 Å². The minimum atomic E-state index is -3.63. The van der Waals surface area contributed by atoms with Gasteiger partial charge in [-0.25, -0.2) is 13.4 Å². The zero-order valence-corrected chi connectivity index (χ0v) is 11.9. The number of rotatable bonds is 3. The fourth-order valence-corrected chi connectivity index (χ4v) is 3.57. The Hall–Kier alpha value is -0.730. The lowest BCUT2D eigenvalue weighted by Crippen LogP contribution is -2.50. The molecule has 0 spiro atoms. The molecule has 2 rings (SSSR count). The highest BCUT2D eigenvalue weighted by atomic mass is 35.5. The Kier molecular flexibility index (Phi) is 4.42. The molecule has 2 unspecified atom stereocenters. The van der Waals surface area contributed by atoms with Crippen LogP contribution in [0.5, 0.6) is 0 Å². The molecule has 1 fully saturated rings. The molecule has 0 aromatic carbocycles. The summed E-state index contributed by atoms with van der Waals surface area (Å²) in [4.78, 5) is 3.86. The van der Waals surface area contributed by atoms with Crippen LogP contribution in [0, 0.1) is 0 Å². The van der Waals surface area contributed by atoms with Crippen molar-refractivity contribution >= 4 is 21.6 Å². The first-order chi connectivity index (χ1) is 8.93. The van der Waals surface area contributed by atoms with E-state index >= 15 is 0 Å². The topological polar surface area (TPSA) is 79.7 Å². The summed E-state index contributed by atoms with van der Waals surface area (Å²) in [6, 6.07) is 2.85. The van der Waals surface area contributed by atoms with Crippen molar-refractivity contribution in [3.05, 3.63) is 23.5 Å². The molecule has 0 amide bonds. The molecule has 8 heteroatoms. The van der Waals surface area contributed by atoms with E-state index in [4.69, 9.17) is 21.4 Å². The minimum Gasteiger partial charge on any atom is -0.394 e. The maximum Gasteiger partial charge on any atom is 0.244 e. The second-order valence-electron chi connectivity index (χ2n) is 4.39. The van der Waals surface area contributed by atoms with Gasteiger partial charge in [0.25, 0.3) is 0 Å². The number of halogens is 1. The highest BCUT2D eigenvalue weighted by molar-refractivity contribution is 7.89. The molecule has 106 valence electrons. The molecule has 1 saturated heterocycles. The number of pyridine rings is 1. The van der Waals surface area contributed by atoms with Crippen molar-refractivity contribution in [2.75, 3.05) is 19.7 Å². The predicted molar refractivity (Wildman–Crippen MR) is 69.4 cm³/mol. The van der Waals surface area contributed by atoms with E-state index in [1.54, 1.807) is 6.92 Å². The SMILES string of the molecule is CC1CN(S(=O)(=O)c2ccc(Cl)nc2)CC(CO)O1. The Morgan fingerprint density at radius 2 is 2.26 bits per heavy atom. The molecule has 0 radical (unpaired) electrons. The van der Waals surface area contributed by atoms with Gasteiger partial charge < -0.3 is 9.84 Å². The van der Waals surface area contributed by atoms with E-state index in [1.807, 2.05) is 0 Å². The van der Waals surface area contributed by atoms with E-state index in [1.165, 1.54) is 22.6 Å². The Morgan fingerprint density at radius 1 is 1.53 bits per heavy atom. The first-order valence-corrected chi connectivity index (χ1v) is 7.63. The van der Waals surface area contributed by atoms with Crippen molar-refractivity contribution in [1.82, 2.24) is 9.29 Å². The standard InChI is InChI=1S/C11H15ClN2O4S/c1-8-5-14(6-9(7-15)18-8)19(16,17)10-2-3-11(12)13-4-10/h2-4,8-9,15H,5-7H2,1H3. The lowest BCUT2D eigenvalue weighted by Gasteiger charge is -2.35. The van der Waals surface area contributed by atoms with Crippen LogP contribution >= 0.6 is 11.6 Å². The predicted octanol–water partition coefficient (Wildman–Crippen LogP) is 0.505. The summed E-state index contributed by atoms with van der Waals surface area (Å²) in [7, 11) is -3.63. The molecule has 0 saturated carbocycles. The fraction of sp³-hybridized carbons (Fsp3) is 0.545. The Balaban J connectivity index is 2.26. The van der Waals surface area contributed by atoms with Gasteiger partial charge in [-0.3, -0.25) is 0 Å². The van der Waals surface area contributed by atoms with Gasteiger partial charge in [0.05, 0.1) is 18.8 Å². The largest absolute Gasteiger partial charge is 0.394 e. The molecule has 1 aromatic heterocycles. The van der Waals surface area contributed by atoms with Gasteiger partial charge in [-0.05, 0) is 19.1 Å². The Labute approximate surface area is 117 Å². The molecule has 6 nitrogen and oxygen atoms in total. The third-order valence-electron chi connectivity index (χ3n) is 2.83. The Morgan fingerprint density at radius 3 is 2.84 bits per heavy atom. The van der Waals surface area contributed by atoms with Gasteiger partial charge in [-0.2, -0.15) is 4.31 Å². The van der Waals surface area contributed by atoms with Crippen molar-refractivity contribution in [1.29, 1.82) is 0 Å². The average Bonchev–Trinajstić information content (AvgIpc) is 2.38. The number of aromatic nitrogens is 1. The summed E-state index contributed by atoms with van der Waals surface area (Å²) in [5.74, 6) is 0. The lowest BCUT2D eigenvalue weighted by atomic mass is 10.2. The van der Waals surface area contributed by atoms with E-state index < -0.39 is 16.1 Å². The maximum absolute atomic E-state index is 12.4. The number of aliphatic hydroxyl groups is 1. The number of morpholine rings is 1. The average molecular weight is 307 g/mol. The number of aliphatic hydroxyl groups excluding tert-OH is 1. The van der Waals surface area contributed by atoms with E-state index in [0.29, 0.717) is 0 Å². The fourth-order valence-electron chi connectivity index (χ4n) is 1.96. The zero-order valence-electron chi connectivity index (χ0n) is 10.4. The third-order valence-corrected chi connectivity index (χ3v) is 4.87. The van der Waals surface area contributed by atoms with E-state index in [2.05, 4.69) is 4.98 Å². The van der Waals surface area contributed by atoms with Crippen LogP contribution in [0.25, 0.3) is 0 Å². The normalized spacial score (nSPS) is 25.4. The quantitative estimate of drug-likeness (QED) is 0.823. The van der Waals surface area contributed by atoms with Crippen LogP contribution in [0.3, 0.4) is 0 Å². The first-order valence-electron chi connectivity index (χ1n) is 5.81. The molecule has 2 heterocycles. The summed E-state index contributed by atoms with van der Waals surface area (Å²) < 4.78 is 31.5. The van der Waals surface area contributed by atoms with Crippen LogP contribution in [0.15, 0.2) is 23.2 Å². The molecule has 1 aliphatic rings.